The van der Waals surface area contributed by atoms with Crippen LogP contribution >= 0.6 is 11.3 Å². The van der Waals surface area contributed by atoms with Crippen molar-refractivity contribution in [2.75, 3.05) is 5.32 Å². The highest BCUT2D eigenvalue weighted by atomic mass is 32.1. The van der Waals surface area contributed by atoms with Crippen molar-refractivity contribution in [2.45, 2.75) is 25.3 Å². The molecule has 0 amide bonds. The number of carbonyl (C=O) groups is 1. The zero-order valence-corrected chi connectivity index (χ0v) is 12.0. The largest absolute Gasteiger partial charge is 0.481 e. The number of nitriles is 1. The Morgan fingerprint density at radius 1 is 1.57 bits per heavy atom. The molecule has 1 aromatic carbocycles. The summed E-state index contributed by atoms with van der Waals surface area (Å²) in [6, 6.07) is 9.48. The van der Waals surface area contributed by atoms with Gasteiger partial charge in [0, 0.05) is 11.4 Å². The Hall–Kier alpha value is -2.39. The first-order valence-corrected chi connectivity index (χ1v) is 7.44. The smallest absolute Gasteiger partial charge is 0.312 e. The number of nitrogens with one attached hydrogen (secondary N) is 1. The van der Waals surface area contributed by atoms with Gasteiger partial charge in [0.25, 0.3) is 0 Å². The molecule has 1 atom stereocenters. The number of fused-ring (bicyclic) bond motifs is 1. The first-order chi connectivity index (χ1) is 10.2. The first-order valence-electron chi connectivity index (χ1n) is 6.62. The lowest BCUT2D eigenvalue weighted by atomic mass is 10.1. The van der Waals surface area contributed by atoms with Crippen LogP contribution in [0.2, 0.25) is 0 Å². The summed E-state index contributed by atoms with van der Waals surface area (Å²) < 4.78 is 0. The molecule has 1 unspecified atom stereocenters. The third kappa shape index (κ3) is 2.73. The molecule has 0 radical (unpaired) electrons. The van der Waals surface area contributed by atoms with E-state index < -0.39 is 11.9 Å². The van der Waals surface area contributed by atoms with E-state index in [1.807, 2.05) is 18.2 Å². The normalized spacial score (nSPS) is 16.2. The van der Waals surface area contributed by atoms with Crippen LogP contribution in [0.4, 0.5) is 5.13 Å². The summed E-state index contributed by atoms with van der Waals surface area (Å²) in [7, 11) is 0. The van der Waals surface area contributed by atoms with Gasteiger partial charge in [0.15, 0.2) is 5.13 Å². The molecular formula is C15H13N3O2S. The molecule has 0 spiro atoms. The lowest BCUT2D eigenvalue weighted by molar-refractivity contribution is -0.138. The van der Waals surface area contributed by atoms with Gasteiger partial charge in [-0.15, -0.1) is 11.3 Å². The van der Waals surface area contributed by atoms with Crippen molar-refractivity contribution < 1.29 is 9.90 Å². The molecule has 106 valence electrons. The van der Waals surface area contributed by atoms with Crippen LogP contribution in [0.1, 0.15) is 34.0 Å². The molecule has 3 rings (SSSR count). The number of benzene rings is 1. The summed E-state index contributed by atoms with van der Waals surface area (Å²) in [5, 5.41) is 22.0. The van der Waals surface area contributed by atoms with Crippen LogP contribution in [0.15, 0.2) is 24.3 Å². The van der Waals surface area contributed by atoms with E-state index in [1.54, 1.807) is 6.07 Å². The van der Waals surface area contributed by atoms with Gasteiger partial charge in [-0.25, -0.2) is 4.98 Å². The van der Waals surface area contributed by atoms with E-state index in [-0.39, 0.29) is 0 Å². The maximum atomic E-state index is 11.1. The number of rotatable bonds is 4. The SMILES string of the molecule is N#Cc1cccc(CNc2nc3c(s2)CCC3C(=O)O)c1. The van der Waals surface area contributed by atoms with Crippen molar-refractivity contribution in [1.82, 2.24) is 4.98 Å². The van der Waals surface area contributed by atoms with Crippen molar-refractivity contribution in [3.05, 3.63) is 46.0 Å². The fourth-order valence-electron chi connectivity index (χ4n) is 2.47. The molecule has 0 saturated carbocycles. The van der Waals surface area contributed by atoms with Gasteiger partial charge in [-0.1, -0.05) is 12.1 Å². The molecule has 5 nitrogen and oxygen atoms in total. The third-order valence-electron chi connectivity index (χ3n) is 3.52. The summed E-state index contributed by atoms with van der Waals surface area (Å²) >= 11 is 1.52. The molecule has 2 N–H and O–H groups in total. The van der Waals surface area contributed by atoms with Crippen LogP contribution in [-0.2, 0) is 17.8 Å². The molecular weight excluding hydrogens is 286 g/mol. The molecule has 1 heterocycles. The lowest BCUT2D eigenvalue weighted by Crippen LogP contribution is -2.09. The number of aromatic nitrogens is 1. The third-order valence-corrected chi connectivity index (χ3v) is 4.60. The number of aryl methyl sites for hydroxylation is 1. The number of nitrogens with zero attached hydrogens (tertiary/aromatic N) is 2. The van der Waals surface area contributed by atoms with Crippen LogP contribution in [0, 0.1) is 11.3 Å². The van der Waals surface area contributed by atoms with Crippen molar-refractivity contribution in [3.8, 4) is 6.07 Å². The topological polar surface area (TPSA) is 86.0 Å². The minimum atomic E-state index is -0.799. The predicted molar refractivity (Wildman–Crippen MR) is 79.3 cm³/mol. The highest BCUT2D eigenvalue weighted by Gasteiger charge is 2.32. The van der Waals surface area contributed by atoms with E-state index in [0.717, 1.165) is 22.0 Å². The maximum Gasteiger partial charge on any atom is 0.312 e. The number of anilines is 1. The average Bonchev–Trinajstić information content (AvgIpc) is 3.04. The Labute approximate surface area is 125 Å². The standard InChI is InChI=1S/C15H13N3O2S/c16-7-9-2-1-3-10(6-9)8-17-15-18-13-11(14(19)20)4-5-12(13)21-15/h1-3,6,11H,4-5,8H2,(H,17,18)(H,19,20). The second-order valence-electron chi connectivity index (χ2n) is 4.92. The predicted octanol–water partition coefficient (Wildman–Crippen LogP) is 2.74. The number of carboxylic acids is 1. The number of hydrogen-bond donors (Lipinski definition) is 2. The fraction of sp³-hybridized carbons (Fsp3) is 0.267. The van der Waals surface area contributed by atoms with Gasteiger partial charge in [-0.2, -0.15) is 5.26 Å². The van der Waals surface area contributed by atoms with Gasteiger partial charge in [-0.05, 0) is 30.5 Å². The van der Waals surface area contributed by atoms with Crippen molar-refractivity contribution in [3.63, 3.8) is 0 Å². The van der Waals surface area contributed by atoms with Gasteiger partial charge in [0.1, 0.15) is 5.92 Å². The van der Waals surface area contributed by atoms with Gasteiger partial charge in [0.05, 0.1) is 17.3 Å². The number of carboxylic acid groups (broad SMARTS) is 1. The minimum Gasteiger partial charge on any atom is -0.481 e. The van der Waals surface area contributed by atoms with E-state index in [9.17, 15) is 4.79 Å². The highest BCUT2D eigenvalue weighted by Crippen LogP contribution is 2.38. The molecule has 1 aliphatic rings. The lowest BCUT2D eigenvalue weighted by Gasteiger charge is -2.04. The van der Waals surface area contributed by atoms with Crippen molar-refractivity contribution >= 4 is 22.4 Å². The zero-order valence-electron chi connectivity index (χ0n) is 11.2. The first kappa shape index (κ1) is 13.6. The summed E-state index contributed by atoms with van der Waals surface area (Å²) in [6.07, 6.45) is 1.43. The quantitative estimate of drug-likeness (QED) is 0.906. The number of thiazole rings is 1. The van der Waals surface area contributed by atoms with Gasteiger partial charge in [0.2, 0.25) is 0 Å². The van der Waals surface area contributed by atoms with E-state index in [0.29, 0.717) is 24.2 Å². The van der Waals surface area contributed by atoms with E-state index in [2.05, 4.69) is 16.4 Å². The highest BCUT2D eigenvalue weighted by molar-refractivity contribution is 7.15. The van der Waals surface area contributed by atoms with Crippen molar-refractivity contribution in [2.24, 2.45) is 0 Å². The summed E-state index contributed by atoms with van der Waals surface area (Å²) in [4.78, 5) is 16.6. The molecule has 1 aromatic heterocycles. The Bertz CT molecular complexity index is 733. The molecule has 21 heavy (non-hydrogen) atoms. The molecule has 1 aliphatic carbocycles. The Kier molecular flexibility index (Phi) is 3.59. The second-order valence-corrected chi connectivity index (χ2v) is 6.01. The molecule has 6 heteroatoms. The monoisotopic (exact) mass is 299 g/mol. The number of aliphatic carboxylic acids is 1. The van der Waals surface area contributed by atoms with Crippen LogP contribution < -0.4 is 5.32 Å². The van der Waals surface area contributed by atoms with E-state index in [1.165, 1.54) is 11.3 Å². The number of hydrogen-bond acceptors (Lipinski definition) is 5. The van der Waals surface area contributed by atoms with Gasteiger partial charge in [-0.3, -0.25) is 4.79 Å². The summed E-state index contributed by atoms with van der Waals surface area (Å²) in [6.45, 7) is 0.569. The maximum absolute atomic E-state index is 11.1. The van der Waals surface area contributed by atoms with E-state index in [4.69, 9.17) is 10.4 Å². The van der Waals surface area contributed by atoms with Gasteiger partial charge >= 0.3 is 5.97 Å². The van der Waals surface area contributed by atoms with Crippen LogP contribution in [0.5, 0.6) is 0 Å². The van der Waals surface area contributed by atoms with E-state index >= 15 is 0 Å². The summed E-state index contributed by atoms with van der Waals surface area (Å²) in [5.41, 5.74) is 2.34. The summed E-state index contributed by atoms with van der Waals surface area (Å²) in [5.74, 6) is -1.26. The molecule has 0 saturated heterocycles. The Morgan fingerprint density at radius 3 is 3.19 bits per heavy atom. The zero-order chi connectivity index (χ0) is 14.8. The minimum absolute atomic E-state index is 0.464. The molecule has 2 aromatic rings. The van der Waals surface area contributed by atoms with Crippen LogP contribution in [-0.4, -0.2) is 16.1 Å². The molecule has 0 fully saturated rings. The molecule has 0 aliphatic heterocycles. The second kappa shape index (κ2) is 5.54. The van der Waals surface area contributed by atoms with Gasteiger partial charge < -0.3 is 10.4 Å². The van der Waals surface area contributed by atoms with Crippen LogP contribution in [0.3, 0.4) is 0 Å². The average molecular weight is 299 g/mol. The van der Waals surface area contributed by atoms with Crippen molar-refractivity contribution in [1.29, 1.82) is 5.26 Å². The van der Waals surface area contributed by atoms with Crippen LogP contribution in [0.25, 0.3) is 0 Å². The fourth-order valence-corrected chi connectivity index (χ4v) is 3.51. The Balaban J connectivity index is 1.71. The molecule has 0 bridgehead atoms. The Morgan fingerprint density at radius 2 is 2.43 bits per heavy atom.